The van der Waals surface area contributed by atoms with E-state index < -0.39 is 0 Å². The van der Waals surface area contributed by atoms with E-state index in [1.165, 1.54) is 12.8 Å². The molecule has 0 aromatic carbocycles. The Bertz CT molecular complexity index is 363. The molecule has 0 radical (unpaired) electrons. The quantitative estimate of drug-likeness (QED) is 0.699. The Labute approximate surface area is 90.4 Å². The molecule has 1 aromatic rings. The van der Waals surface area contributed by atoms with Crippen molar-refractivity contribution in [2.24, 2.45) is 5.92 Å². The highest BCUT2D eigenvalue weighted by molar-refractivity contribution is 5.42. The van der Waals surface area contributed by atoms with Gasteiger partial charge in [0.15, 0.2) is 0 Å². The van der Waals surface area contributed by atoms with Crippen molar-refractivity contribution in [1.29, 1.82) is 5.26 Å². The molecule has 1 fully saturated rings. The SMILES string of the molecule is C[C@@H]1CCCN(c2ccc(C#N)cn2)C1. The third-order valence-corrected chi connectivity index (χ3v) is 2.86. The zero-order valence-corrected chi connectivity index (χ0v) is 8.98. The van der Waals surface area contributed by atoms with Gasteiger partial charge in [-0.3, -0.25) is 0 Å². The first kappa shape index (κ1) is 9.97. The van der Waals surface area contributed by atoms with Crippen LogP contribution in [0.3, 0.4) is 0 Å². The minimum Gasteiger partial charge on any atom is -0.356 e. The minimum atomic E-state index is 0.629. The third-order valence-electron chi connectivity index (χ3n) is 2.86. The first-order chi connectivity index (χ1) is 7.29. The summed E-state index contributed by atoms with van der Waals surface area (Å²) in [6, 6.07) is 5.86. The maximum Gasteiger partial charge on any atom is 0.128 e. The fourth-order valence-corrected chi connectivity index (χ4v) is 2.04. The summed E-state index contributed by atoms with van der Waals surface area (Å²) in [5, 5.41) is 8.68. The summed E-state index contributed by atoms with van der Waals surface area (Å²) < 4.78 is 0. The minimum absolute atomic E-state index is 0.629. The zero-order chi connectivity index (χ0) is 10.7. The van der Waals surface area contributed by atoms with Crippen molar-refractivity contribution in [3.63, 3.8) is 0 Å². The lowest BCUT2D eigenvalue weighted by Gasteiger charge is -2.31. The number of hydrogen-bond donors (Lipinski definition) is 0. The number of anilines is 1. The van der Waals surface area contributed by atoms with Gasteiger partial charge in [-0.15, -0.1) is 0 Å². The van der Waals surface area contributed by atoms with Crippen LogP contribution in [0.4, 0.5) is 5.82 Å². The lowest BCUT2D eigenvalue weighted by Crippen LogP contribution is -2.34. The molecule has 0 spiro atoms. The summed E-state index contributed by atoms with van der Waals surface area (Å²) >= 11 is 0. The zero-order valence-electron chi connectivity index (χ0n) is 8.98. The molecule has 1 aromatic heterocycles. The number of piperidine rings is 1. The number of rotatable bonds is 1. The van der Waals surface area contributed by atoms with Crippen LogP contribution in [0, 0.1) is 17.2 Å². The van der Waals surface area contributed by atoms with E-state index in [1.807, 2.05) is 12.1 Å². The van der Waals surface area contributed by atoms with Crippen LogP contribution in [-0.4, -0.2) is 18.1 Å². The highest BCUT2D eigenvalue weighted by Crippen LogP contribution is 2.20. The van der Waals surface area contributed by atoms with Crippen molar-refractivity contribution in [3.8, 4) is 6.07 Å². The Hall–Kier alpha value is -1.56. The normalized spacial score (nSPS) is 21.1. The van der Waals surface area contributed by atoms with Crippen LogP contribution in [-0.2, 0) is 0 Å². The van der Waals surface area contributed by atoms with E-state index in [2.05, 4.69) is 22.9 Å². The van der Waals surface area contributed by atoms with Crippen LogP contribution in [0.2, 0.25) is 0 Å². The summed E-state index contributed by atoms with van der Waals surface area (Å²) in [7, 11) is 0. The van der Waals surface area contributed by atoms with E-state index in [1.54, 1.807) is 6.20 Å². The smallest absolute Gasteiger partial charge is 0.128 e. The van der Waals surface area contributed by atoms with Crippen molar-refractivity contribution in [2.75, 3.05) is 18.0 Å². The van der Waals surface area contributed by atoms with Gasteiger partial charge < -0.3 is 4.90 Å². The molecular weight excluding hydrogens is 186 g/mol. The molecule has 0 aliphatic carbocycles. The van der Waals surface area contributed by atoms with Gasteiger partial charge in [-0.05, 0) is 30.9 Å². The average Bonchev–Trinajstić information content (AvgIpc) is 2.29. The molecule has 0 N–H and O–H groups in total. The van der Waals surface area contributed by atoms with Crippen LogP contribution in [0.5, 0.6) is 0 Å². The fourth-order valence-electron chi connectivity index (χ4n) is 2.04. The standard InChI is InChI=1S/C12H15N3/c1-10-3-2-6-15(9-10)12-5-4-11(7-13)8-14-12/h4-5,8,10H,2-3,6,9H2,1H3/t10-/m1/s1. The second kappa shape index (κ2) is 4.31. The Morgan fingerprint density at radius 3 is 3.00 bits per heavy atom. The summed E-state index contributed by atoms with van der Waals surface area (Å²) in [5.41, 5.74) is 0.629. The monoisotopic (exact) mass is 201 g/mol. The molecule has 78 valence electrons. The van der Waals surface area contributed by atoms with Crippen molar-refractivity contribution in [2.45, 2.75) is 19.8 Å². The summed E-state index contributed by atoms with van der Waals surface area (Å²) in [6.45, 7) is 4.44. The number of aromatic nitrogens is 1. The Kier molecular flexibility index (Phi) is 2.86. The molecule has 0 saturated carbocycles. The first-order valence-electron chi connectivity index (χ1n) is 5.40. The van der Waals surface area contributed by atoms with Crippen molar-refractivity contribution in [1.82, 2.24) is 4.98 Å². The number of pyridine rings is 1. The van der Waals surface area contributed by atoms with Gasteiger partial charge in [0, 0.05) is 19.3 Å². The second-order valence-corrected chi connectivity index (χ2v) is 4.21. The van der Waals surface area contributed by atoms with Crippen LogP contribution in [0.1, 0.15) is 25.3 Å². The number of hydrogen-bond acceptors (Lipinski definition) is 3. The van der Waals surface area contributed by atoms with Gasteiger partial charge in [-0.2, -0.15) is 5.26 Å². The highest BCUT2D eigenvalue weighted by atomic mass is 15.2. The van der Waals surface area contributed by atoms with Crippen LogP contribution in [0.25, 0.3) is 0 Å². The van der Waals surface area contributed by atoms with E-state index in [0.29, 0.717) is 5.56 Å². The van der Waals surface area contributed by atoms with Crippen molar-refractivity contribution in [3.05, 3.63) is 23.9 Å². The molecule has 1 aliphatic heterocycles. The van der Waals surface area contributed by atoms with E-state index in [0.717, 1.165) is 24.8 Å². The summed E-state index contributed by atoms with van der Waals surface area (Å²) in [5.74, 6) is 1.75. The second-order valence-electron chi connectivity index (χ2n) is 4.21. The molecular formula is C12H15N3. The Morgan fingerprint density at radius 1 is 1.53 bits per heavy atom. The number of nitrogens with zero attached hydrogens (tertiary/aromatic N) is 3. The maximum absolute atomic E-state index is 8.68. The lowest BCUT2D eigenvalue weighted by molar-refractivity contribution is 0.444. The maximum atomic E-state index is 8.68. The van der Waals surface area contributed by atoms with Gasteiger partial charge in [0.1, 0.15) is 11.9 Å². The van der Waals surface area contributed by atoms with Gasteiger partial charge in [-0.25, -0.2) is 4.98 Å². The average molecular weight is 201 g/mol. The third kappa shape index (κ3) is 2.27. The topological polar surface area (TPSA) is 39.9 Å². The van der Waals surface area contributed by atoms with Crippen LogP contribution in [0.15, 0.2) is 18.3 Å². The molecule has 0 amide bonds. The molecule has 1 saturated heterocycles. The predicted octanol–water partition coefficient (Wildman–Crippen LogP) is 2.19. The molecule has 1 atom stereocenters. The van der Waals surface area contributed by atoms with Gasteiger partial charge in [0.05, 0.1) is 5.56 Å². The van der Waals surface area contributed by atoms with E-state index in [9.17, 15) is 0 Å². The van der Waals surface area contributed by atoms with E-state index in [-0.39, 0.29) is 0 Å². The molecule has 3 nitrogen and oxygen atoms in total. The molecule has 2 rings (SSSR count). The summed E-state index contributed by atoms with van der Waals surface area (Å²) in [4.78, 5) is 6.61. The fraction of sp³-hybridized carbons (Fsp3) is 0.500. The molecule has 3 heteroatoms. The summed E-state index contributed by atoms with van der Waals surface area (Å²) in [6.07, 6.45) is 4.20. The van der Waals surface area contributed by atoms with Crippen LogP contribution >= 0.6 is 0 Å². The van der Waals surface area contributed by atoms with Gasteiger partial charge in [0.25, 0.3) is 0 Å². The largest absolute Gasteiger partial charge is 0.356 e. The number of nitriles is 1. The van der Waals surface area contributed by atoms with Crippen molar-refractivity contribution < 1.29 is 0 Å². The van der Waals surface area contributed by atoms with Gasteiger partial charge >= 0.3 is 0 Å². The van der Waals surface area contributed by atoms with Gasteiger partial charge in [-0.1, -0.05) is 6.92 Å². The van der Waals surface area contributed by atoms with Crippen LogP contribution < -0.4 is 4.90 Å². The van der Waals surface area contributed by atoms with E-state index in [4.69, 9.17) is 5.26 Å². The molecule has 15 heavy (non-hydrogen) atoms. The lowest BCUT2D eigenvalue weighted by atomic mass is 10.0. The Balaban J connectivity index is 2.12. The Morgan fingerprint density at radius 2 is 2.40 bits per heavy atom. The van der Waals surface area contributed by atoms with Gasteiger partial charge in [0.2, 0.25) is 0 Å². The molecule has 1 aliphatic rings. The molecule has 2 heterocycles. The highest BCUT2D eigenvalue weighted by Gasteiger charge is 2.17. The first-order valence-corrected chi connectivity index (χ1v) is 5.40. The molecule has 0 bridgehead atoms. The predicted molar refractivity (Wildman–Crippen MR) is 59.6 cm³/mol. The van der Waals surface area contributed by atoms with E-state index >= 15 is 0 Å². The van der Waals surface area contributed by atoms with Crippen molar-refractivity contribution >= 4 is 5.82 Å². The molecule has 0 unspecified atom stereocenters.